The summed E-state index contributed by atoms with van der Waals surface area (Å²) >= 11 is 1.77. The minimum atomic E-state index is 0.305. The summed E-state index contributed by atoms with van der Waals surface area (Å²) in [7, 11) is 0. The monoisotopic (exact) mass is 129 g/mol. The van der Waals surface area contributed by atoms with Crippen molar-refractivity contribution in [3.8, 4) is 0 Å². The van der Waals surface area contributed by atoms with E-state index < -0.39 is 0 Å². The van der Waals surface area contributed by atoms with E-state index in [0.717, 1.165) is 0 Å². The molecule has 0 spiro atoms. The predicted octanol–water partition coefficient (Wildman–Crippen LogP) is 1.87. The van der Waals surface area contributed by atoms with Crippen molar-refractivity contribution >= 4 is 11.9 Å². The number of hydrogen-bond donors (Lipinski definition) is 0. The Hall–Kier alpha value is -0.110. The Morgan fingerprint density at radius 2 is 2.12 bits per heavy atom. The van der Waals surface area contributed by atoms with Crippen LogP contribution in [0.5, 0.6) is 0 Å². The van der Waals surface area contributed by atoms with Gasteiger partial charge in [0.1, 0.15) is 0 Å². The van der Waals surface area contributed by atoms with Crippen LogP contribution < -0.4 is 0 Å². The molecule has 0 saturated carbocycles. The molecule has 8 heavy (non-hydrogen) atoms. The van der Waals surface area contributed by atoms with Gasteiger partial charge in [-0.15, -0.1) is 0 Å². The largest absolute Gasteiger partial charge is 0.314 e. The zero-order valence-corrected chi connectivity index (χ0v) is 6.33. The molecular formula is C6H11NS. The molecule has 0 aromatic carbocycles. The fourth-order valence-corrected chi connectivity index (χ4v) is 1.44. The Labute approximate surface area is 54.9 Å². The highest BCUT2D eigenvalue weighted by Crippen LogP contribution is 2.31. The smallest absolute Gasteiger partial charge is 0.0648 e. The summed E-state index contributed by atoms with van der Waals surface area (Å²) in [5, 5.41) is 0. The molecule has 0 amide bonds. The van der Waals surface area contributed by atoms with Crippen LogP contribution in [0.1, 0.15) is 13.8 Å². The lowest BCUT2D eigenvalue weighted by atomic mass is 10.0. The summed E-state index contributed by atoms with van der Waals surface area (Å²) in [6, 6.07) is 0. The first kappa shape index (κ1) is 6.02. The normalized spacial score (nSPS) is 23.1. The zero-order valence-electron chi connectivity index (χ0n) is 5.51. The number of rotatable bonds is 1. The van der Waals surface area contributed by atoms with Crippen molar-refractivity contribution in [3.63, 3.8) is 0 Å². The van der Waals surface area contributed by atoms with Gasteiger partial charge in [0.25, 0.3) is 0 Å². The zero-order chi connectivity index (χ0) is 6.20. The molecule has 0 saturated heterocycles. The molecule has 0 aromatic heterocycles. The van der Waals surface area contributed by atoms with Gasteiger partial charge in [0.05, 0.1) is 5.54 Å². The van der Waals surface area contributed by atoms with Crippen molar-refractivity contribution in [1.29, 1.82) is 0 Å². The second kappa shape index (κ2) is 1.69. The van der Waals surface area contributed by atoms with Crippen molar-refractivity contribution < 1.29 is 0 Å². The van der Waals surface area contributed by atoms with Crippen molar-refractivity contribution in [2.24, 2.45) is 0 Å². The van der Waals surface area contributed by atoms with Gasteiger partial charge in [-0.05, 0) is 19.9 Å². The van der Waals surface area contributed by atoms with Gasteiger partial charge in [0, 0.05) is 12.5 Å². The third-order valence-corrected chi connectivity index (χ3v) is 2.37. The summed E-state index contributed by atoms with van der Waals surface area (Å²) in [6.07, 6.45) is 6.39. The van der Waals surface area contributed by atoms with E-state index in [1.54, 1.807) is 11.9 Å². The third kappa shape index (κ3) is 0.730. The lowest BCUT2D eigenvalue weighted by Crippen LogP contribution is -2.40. The van der Waals surface area contributed by atoms with Gasteiger partial charge in [-0.3, -0.25) is 0 Å². The van der Waals surface area contributed by atoms with Gasteiger partial charge in [-0.1, -0.05) is 11.9 Å². The molecule has 0 aliphatic carbocycles. The van der Waals surface area contributed by atoms with Crippen molar-refractivity contribution in [3.05, 3.63) is 12.3 Å². The first-order valence-corrected chi connectivity index (χ1v) is 3.88. The Bertz CT molecular complexity index is 118. The third-order valence-electron chi connectivity index (χ3n) is 1.38. The minimum absolute atomic E-state index is 0.305. The van der Waals surface area contributed by atoms with Crippen molar-refractivity contribution in [1.82, 2.24) is 4.31 Å². The van der Waals surface area contributed by atoms with E-state index in [2.05, 4.69) is 36.7 Å². The van der Waals surface area contributed by atoms with Gasteiger partial charge in [0.15, 0.2) is 0 Å². The number of nitrogens with zero attached hydrogens (tertiary/aromatic N) is 1. The molecule has 0 unspecified atom stereocenters. The molecule has 0 bridgehead atoms. The van der Waals surface area contributed by atoms with E-state index in [-0.39, 0.29) is 0 Å². The molecular weight excluding hydrogens is 118 g/mol. The van der Waals surface area contributed by atoms with Crippen molar-refractivity contribution in [2.75, 3.05) is 6.26 Å². The summed E-state index contributed by atoms with van der Waals surface area (Å²) in [4.78, 5) is 0. The van der Waals surface area contributed by atoms with Gasteiger partial charge in [-0.25, -0.2) is 0 Å². The van der Waals surface area contributed by atoms with Crippen LogP contribution in [0, 0.1) is 0 Å². The van der Waals surface area contributed by atoms with Crippen LogP contribution >= 0.6 is 11.9 Å². The Morgan fingerprint density at radius 3 is 2.12 bits per heavy atom. The first-order chi connectivity index (χ1) is 3.67. The second-order valence-corrected chi connectivity index (χ2v) is 3.24. The molecule has 1 heterocycles. The van der Waals surface area contributed by atoms with E-state index in [1.165, 1.54) is 0 Å². The predicted molar refractivity (Wildman–Crippen MR) is 38.6 cm³/mol. The summed E-state index contributed by atoms with van der Waals surface area (Å²) in [6.45, 7) is 4.40. The Kier molecular flexibility index (Phi) is 1.27. The second-order valence-electron chi connectivity index (χ2n) is 2.48. The fourth-order valence-electron chi connectivity index (χ4n) is 0.730. The first-order valence-electron chi connectivity index (χ1n) is 2.69. The average Bonchev–Trinajstić information content (AvgIpc) is 1.66. The molecule has 2 heteroatoms. The topological polar surface area (TPSA) is 3.24 Å². The summed E-state index contributed by atoms with van der Waals surface area (Å²) in [5.74, 6) is 0. The van der Waals surface area contributed by atoms with Gasteiger partial charge in [-0.2, -0.15) is 0 Å². The van der Waals surface area contributed by atoms with Crippen LogP contribution in [0.3, 0.4) is 0 Å². The van der Waals surface area contributed by atoms with Crippen LogP contribution in [0.4, 0.5) is 0 Å². The average molecular weight is 129 g/mol. The van der Waals surface area contributed by atoms with Gasteiger partial charge in [0.2, 0.25) is 0 Å². The molecule has 46 valence electrons. The molecule has 0 aromatic rings. The summed E-state index contributed by atoms with van der Waals surface area (Å²) < 4.78 is 2.23. The highest BCUT2D eigenvalue weighted by atomic mass is 32.2. The van der Waals surface area contributed by atoms with Crippen LogP contribution in [0.25, 0.3) is 0 Å². The lowest BCUT2D eigenvalue weighted by Gasteiger charge is -2.40. The summed E-state index contributed by atoms with van der Waals surface area (Å²) in [5.41, 5.74) is 0.305. The van der Waals surface area contributed by atoms with E-state index in [0.29, 0.717) is 5.54 Å². The molecule has 1 aliphatic rings. The van der Waals surface area contributed by atoms with E-state index >= 15 is 0 Å². The molecule has 0 radical (unpaired) electrons. The van der Waals surface area contributed by atoms with Crippen LogP contribution in [-0.4, -0.2) is 16.1 Å². The van der Waals surface area contributed by atoms with Gasteiger partial charge < -0.3 is 4.31 Å². The highest BCUT2D eigenvalue weighted by molar-refractivity contribution is 7.96. The van der Waals surface area contributed by atoms with Crippen LogP contribution in [0.15, 0.2) is 12.3 Å². The molecule has 1 nitrogen and oxygen atoms in total. The van der Waals surface area contributed by atoms with Gasteiger partial charge >= 0.3 is 0 Å². The molecule has 1 rings (SSSR count). The van der Waals surface area contributed by atoms with Crippen LogP contribution in [0.2, 0.25) is 0 Å². The maximum atomic E-state index is 2.23. The minimum Gasteiger partial charge on any atom is -0.314 e. The Morgan fingerprint density at radius 1 is 1.50 bits per heavy atom. The van der Waals surface area contributed by atoms with E-state index in [9.17, 15) is 0 Å². The van der Waals surface area contributed by atoms with E-state index in [4.69, 9.17) is 0 Å². The molecule has 0 fully saturated rings. The molecule has 1 aliphatic heterocycles. The SMILES string of the molecule is CSN1C=CC1(C)C. The molecule has 0 N–H and O–H groups in total. The van der Waals surface area contributed by atoms with Crippen molar-refractivity contribution in [2.45, 2.75) is 19.4 Å². The lowest BCUT2D eigenvalue weighted by molar-refractivity contribution is 0.343. The van der Waals surface area contributed by atoms with E-state index in [1.807, 2.05) is 0 Å². The maximum absolute atomic E-state index is 2.23. The maximum Gasteiger partial charge on any atom is 0.0648 e. The fraction of sp³-hybridized carbons (Fsp3) is 0.667. The van der Waals surface area contributed by atoms with Crippen LogP contribution in [-0.2, 0) is 0 Å². The standard InChI is InChI=1S/C6H11NS/c1-6(2)4-5-7(6)8-3/h4-5H,1-3H3. The quantitative estimate of drug-likeness (QED) is 0.497. The molecule has 0 atom stereocenters. The number of hydrogen-bond acceptors (Lipinski definition) is 2. The highest BCUT2D eigenvalue weighted by Gasteiger charge is 2.27. The Balaban J connectivity index is 2.54.